The lowest BCUT2D eigenvalue weighted by atomic mass is 10.1. The van der Waals surface area contributed by atoms with Crippen molar-refractivity contribution in [1.29, 1.82) is 0 Å². The third-order valence-corrected chi connectivity index (χ3v) is 4.19. The summed E-state index contributed by atoms with van der Waals surface area (Å²) in [5.41, 5.74) is 5.24. The summed E-state index contributed by atoms with van der Waals surface area (Å²) < 4.78 is 76.5. The number of hydrogen-bond donors (Lipinski definition) is 1. The Morgan fingerprint density at radius 1 is 1.03 bits per heavy atom. The van der Waals surface area contributed by atoms with E-state index in [1.54, 1.807) is 0 Å². The van der Waals surface area contributed by atoms with Crippen LogP contribution in [0.3, 0.4) is 0 Å². The third kappa shape index (κ3) is 7.33. The molecule has 1 heterocycles. The molecule has 31 heavy (non-hydrogen) atoms. The molecule has 1 aliphatic heterocycles. The molecule has 0 saturated carbocycles. The number of rotatable bonds is 12. The van der Waals surface area contributed by atoms with E-state index in [2.05, 4.69) is 15.3 Å². The maximum Gasteiger partial charge on any atom is 0.257 e. The fourth-order valence-corrected chi connectivity index (χ4v) is 2.68. The molecule has 0 spiro atoms. The molecular formula is C18H22F4N4O5. The minimum Gasteiger partial charge on any atom is -0.377 e. The summed E-state index contributed by atoms with van der Waals surface area (Å²) in [6.45, 7) is 1.64. The van der Waals surface area contributed by atoms with Crippen molar-refractivity contribution < 1.29 is 41.3 Å². The first kappa shape index (κ1) is 24.8. The Bertz CT molecular complexity index is 773. The van der Waals surface area contributed by atoms with Gasteiger partial charge in [-0.2, -0.15) is 0 Å². The third-order valence-electron chi connectivity index (χ3n) is 4.19. The number of halogens is 4. The number of benzene rings is 1. The maximum absolute atomic E-state index is 13.9. The van der Waals surface area contributed by atoms with Crippen LogP contribution in [0.25, 0.3) is 10.4 Å². The molecule has 1 aromatic carbocycles. The maximum atomic E-state index is 13.9. The highest BCUT2D eigenvalue weighted by Gasteiger charge is 2.28. The van der Waals surface area contributed by atoms with Gasteiger partial charge in [0.2, 0.25) is 0 Å². The van der Waals surface area contributed by atoms with Crippen LogP contribution < -0.4 is 5.32 Å². The lowest BCUT2D eigenvalue weighted by molar-refractivity contribution is -0.169. The van der Waals surface area contributed by atoms with Gasteiger partial charge in [-0.15, -0.1) is 0 Å². The van der Waals surface area contributed by atoms with Crippen LogP contribution in [0.15, 0.2) is 5.11 Å². The van der Waals surface area contributed by atoms with Crippen molar-refractivity contribution in [1.82, 2.24) is 5.32 Å². The molecule has 0 radical (unpaired) electrons. The second kappa shape index (κ2) is 13.1. The molecule has 172 valence electrons. The number of nitrogens with zero attached hydrogens (tertiary/aromatic N) is 3. The first-order valence-corrected chi connectivity index (χ1v) is 9.55. The van der Waals surface area contributed by atoms with Crippen molar-refractivity contribution in [2.75, 3.05) is 46.2 Å². The van der Waals surface area contributed by atoms with Crippen LogP contribution in [0, 0.1) is 23.3 Å². The van der Waals surface area contributed by atoms with E-state index in [4.69, 9.17) is 24.5 Å². The van der Waals surface area contributed by atoms with E-state index >= 15 is 0 Å². The van der Waals surface area contributed by atoms with Gasteiger partial charge < -0.3 is 24.3 Å². The van der Waals surface area contributed by atoms with Crippen LogP contribution in [0.4, 0.5) is 23.2 Å². The lowest BCUT2D eigenvalue weighted by Gasteiger charge is -2.22. The van der Waals surface area contributed by atoms with Crippen molar-refractivity contribution in [2.45, 2.75) is 25.6 Å². The van der Waals surface area contributed by atoms with Crippen LogP contribution >= 0.6 is 0 Å². The molecule has 0 aromatic heterocycles. The first-order chi connectivity index (χ1) is 15.0. The average molecular weight is 450 g/mol. The summed E-state index contributed by atoms with van der Waals surface area (Å²) in [6, 6.07) is 0. The van der Waals surface area contributed by atoms with Crippen molar-refractivity contribution in [3.8, 4) is 0 Å². The van der Waals surface area contributed by atoms with E-state index in [1.165, 1.54) is 0 Å². The molecule has 0 bridgehead atoms. The normalized spacial score (nSPS) is 16.1. The number of azide groups is 1. The topological polar surface area (TPSA) is 115 Å². The molecule has 13 heteroatoms. The molecule has 9 nitrogen and oxygen atoms in total. The Morgan fingerprint density at radius 2 is 1.68 bits per heavy atom. The highest BCUT2D eigenvalue weighted by atomic mass is 19.2. The molecule has 1 N–H and O–H groups in total. The van der Waals surface area contributed by atoms with Gasteiger partial charge in [0.15, 0.2) is 29.6 Å². The Balaban J connectivity index is 1.63. The average Bonchev–Trinajstić information content (AvgIpc) is 2.77. The van der Waals surface area contributed by atoms with Gasteiger partial charge in [0.25, 0.3) is 5.91 Å². The van der Waals surface area contributed by atoms with E-state index in [9.17, 15) is 22.4 Å². The Hall–Kier alpha value is -2.44. The van der Waals surface area contributed by atoms with E-state index < -0.39 is 40.4 Å². The number of carbonyl (C=O) groups is 1. The smallest absolute Gasteiger partial charge is 0.257 e. The second-order valence-electron chi connectivity index (χ2n) is 6.32. The SMILES string of the molecule is [N-]=[N+]=Nc1c(F)c(F)c(C(=O)NCCOCCOCCOC2CCCCO2)c(F)c1F. The summed E-state index contributed by atoms with van der Waals surface area (Å²) in [7, 11) is 0. The van der Waals surface area contributed by atoms with E-state index in [1.807, 2.05) is 0 Å². The Morgan fingerprint density at radius 3 is 2.29 bits per heavy atom. The predicted molar refractivity (Wildman–Crippen MR) is 98.6 cm³/mol. The number of ether oxygens (including phenoxy) is 4. The fourth-order valence-electron chi connectivity index (χ4n) is 2.68. The van der Waals surface area contributed by atoms with Crippen LogP contribution in [-0.4, -0.2) is 58.4 Å². The highest BCUT2D eigenvalue weighted by Crippen LogP contribution is 2.30. The molecule has 1 atom stereocenters. The summed E-state index contributed by atoms with van der Waals surface area (Å²) >= 11 is 0. The first-order valence-electron chi connectivity index (χ1n) is 9.55. The predicted octanol–water partition coefficient (Wildman–Crippen LogP) is 3.49. The van der Waals surface area contributed by atoms with Crippen LogP contribution in [0.5, 0.6) is 0 Å². The molecule has 1 unspecified atom stereocenters. The zero-order valence-corrected chi connectivity index (χ0v) is 16.5. The molecular weight excluding hydrogens is 428 g/mol. The van der Waals surface area contributed by atoms with E-state index in [0.717, 1.165) is 19.3 Å². The van der Waals surface area contributed by atoms with Gasteiger partial charge in [-0.3, -0.25) is 4.79 Å². The van der Waals surface area contributed by atoms with Crippen LogP contribution in [-0.2, 0) is 18.9 Å². The molecule has 2 rings (SSSR count). The van der Waals surface area contributed by atoms with Crippen molar-refractivity contribution in [2.24, 2.45) is 5.11 Å². The second-order valence-corrected chi connectivity index (χ2v) is 6.32. The number of nitrogens with one attached hydrogen (secondary N) is 1. The number of amides is 1. The minimum atomic E-state index is -1.96. The van der Waals surface area contributed by atoms with Gasteiger partial charge in [-0.05, 0) is 24.8 Å². The standard InChI is InChI=1S/C18H22F4N4O5/c19-13-12(14(20)16(22)17(15(13)21)25-26-23)18(27)24-4-6-28-7-8-29-9-10-31-11-3-1-2-5-30-11/h11H,1-10H2,(H,24,27). The van der Waals surface area contributed by atoms with E-state index in [-0.39, 0.29) is 32.7 Å². The van der Waals surface area contributed by atoms with Gasteiger partial charge in [-0.25, -0.2) is 17.6 Å². The highest BCUT2D eigenvalue weighted by molar-refractivity contribution is 5.95. The lowest BCUT2D eigenvalue weighted by Crippen LogP contribution is -2.30. The fraction of sp³-hybridized carbons (Fsp3) is 0.611. The van der Waals surface area contributed by atoms with E-state index in [0.29, 0.717) is 19.8 Å². The molecule has 1 saturated heterocycles. The number of carbonyl (C=O) groups excluding carboxylic acids is 1. The molecule has 0 aliphatic carbocycles. The number of hydrogen-bond acceptors (Lipinski definition) is 6. The summed E-state index contributed by atoms with van der Waals surface area (Å²) in [5.74, 6) is -9.24. The summed E-state index contributed by atoms with van der Waals surface area (Å²) in [5, 5.41) is 4.63. The molecule has 1 aliphatic rings. The Kier molecular flexibility index (Phi) is 10.5. The zero-order chi connectivity index (χ0) is 22.6. The van der Waals surface area contributed by atoms with Gasteiger partial charge >= 0.3 is 0 Å². The minimum absolute atomic E-state index is 0.0352. The largest absolute Gasteiger partial charge is 0.377 e. The molecule has 1 aromatic rings. The van der Waals surface area contributed by atoms with Gasteiger partial charge in [0, 0.05) is 18.1 Å². The zero-order valence-electron chi connectivity index (χ0n) is 16.5. The van der Waals surface area contributed by atoms with Gasteiger partial charge in [0.1, 0.15) is 11.3 Å². The monoisotopic (exact) mass is 450 g/mol. The van der Waals surface area contributed by atoms with Crippen LogP contribution in [0.1, 0.15) is 29.6 Å². The van der Waals surface area contributed by atoms with Crippen LogP contribution in [0.2, 0.25) is 0 Å². The van der Waals surface area contributed by atoms with Gasteiger partial charge in [-0.1, -0.05) is 5.11 Å². The van der Waals surface area contributed by atoms with Crippen molar-refractivity contribution in [3.63, 3.8) is 0 Å². The summed E-state index contributed by atoms with van der Waals surface area (Å²) in [6.07, 6.45) is 2.78. The molecule has 1 amide bonds. The van der Waals surface area contributed by atoms with Crippen molar-refractivity contribution >= 4 is 11.6 Å². The van der Waals surface area contributed by atoms with Gasteiger partial charge in [0.05, 0.1) is 33.0 Å². The van der Waals surface area contributed by atoms with Crippen molar-refractivity contribution in [3.05, 3.63) is 39.3 Å². The summed E-state index contributed by atoms with van der Waals surface area (Å²) in [4.78, 5) is 13.9. The Labute approximate surface area is 175 Å². The quantitative estimate of drug-likeness (QED) is 0.131. The molecule has 1 fully saturated rings.